The fourth-order valence-electron chi connectivity index (χ4n) is 2.64. The van der Waals surface area contributed by atoms with Crippen molar-refractivity contribution in [1.82, 2.24) is 15.0 Å². The number of aromatic nitrogens is 2. The number of nitrogens with zero attached hydrogens (tertiary/aromatic N) is 3. The molecule has 1 heterocycles. The molecule has 1 aromatic heterocycles. The van der Waals surface area contributed by atoms with Gasteiger partial charge >= 0.3 is 0 Å². The highest BCUT2D eigenvalue weighted by molar-refractivity contribution is 4.86. The molecule has 1 N–H and O–H groups in total. The minimum absolute atomic E-state index is 0.162. The molecule has 0 aromatic carbocycles. The second-order valence-corrected chi connectivity index (χ2v) is 5.35. The van der Waals surface area contributed by atoms with E-state index in [2.05, 4.69) is 15.0 Å². The van der Waals surface area contributed by atoms with Gasteiger partial charge in [-0.2, -0.15) is 4.98 Å². The first-order valence-electron chi connectivity index (χ1n) is 6.86. The van der Waals surface area contributed by atoms with E-state index in [9.17, 15) is 5.11 Å². The number of hydrogen-bond acceptors (Lipinski definition) is 6. The van der Waals surface area contributed by atoms with Gasteiger partial charge in [0.05, 0.1) is 12.6 Å². The van der Waals surface area contributed by atoms with Gasteiger partial charge in [0, 0.05) is 13.7 Å². The summed E-state index contributed by atoms with van der Waals surface area (Å²) >= 11 is 0. The molecular formula is C13H23N3O3. The molecule has 1 fully saturated rings. The molecule has 1 aliphatic carbocycles. The van der Waals surface area contributed by atoms with E-state index >= 15 is 0 Å². The summed E-state index contributed by atoms with van der Waals surface area (Å²) in [6, 6.07) is 0. The van der Waals surface area contributed by atoms with Gasteiger partial charge in [-0.05, 0) is 25.8 Å². The van der Waals surface area contributed by atoms with Crippen LogP contribution in [0.25, 0.3) is 0 Å². The molecule has 0 aliphatic heterocycles. The first-order chi connectivity index (χ1) is 9.19. The zero-order valence-corrected chi connectivity index (χ0v) is 11.7. The quantitative estimate of drug-likeness (QED) is 0.836. The van der Waals surface area contributed by atoms with Crippen LogP contribution in [0.1, 0.15) is 37.4 Å². The monoisotopic (exact) mass is 269 g/mol. The largest absolute Gasteiger partial charge is 0.393 e. The molecule has 0 spiro atoms. The molecule has 0 amide bonds. The van der Waals surface area contributed by atoms with E-state index in [4.69, 9.17) is 9.26 Å². The topological polar surface area (TPSA) is 71.6 Å². The van der Waals surface area contributed by atoms with Gasteiger partial charge in [-0.15, -0.1) is 0 Å². The van der Waals surface area contributed by atoms with E-state index in [1.165, 1.54) is 6.42 Å². The summed E-state index contributed by atoms with van der Waals surface area (Å²) < 4.78 is 9.99. The lowest BCUT2D eigenvalue weighted by atomic mass is 9.86. The van der Waals surface area contributed by atoms with Crippen molar-refractivity contribution < 1.29 is 14.4 Å². The molecule has 108 valence electrons. The smallest absolute Gasteiger partial charge is 0.252 e. The van der Waals surface area contributed by atoms with Crippen LogP contribution in [0.5, 0.6) is 0 Å². The van der Waals surface area contributed by atoms with E-state index < -0.39 is 0 Å². The van der Waals surface area contributed by atoms with E-state index in [1.807, 2.05) is 7.05 Å². The summed E-state index contributed by atoms with van der Waals surface area (Å²) in [5.74, 6) is 1.53. The van der Waals surface area contributed by atoms with E-state index in [-0.39, 0.29) is 6.10 Å². The molecule has 2 atom stereocenters. The third-order valence-corrected chi connectivity index (χ3v) is 3.60. The van der Waals surface area contributed by atoms with Gasteiger partial charge in [-0.3, -0.25) is 4.90 Å². The normalized spacial score (nSPS) is 24.0. The van der Waals surface area contributed by atoms with Crippen LogP contribution in [0.4, 0.5) is 0 Å². The summed E-state index contributed by atoms with van der Waals surface area (Å²) in [4.78, 5) is 6.38. The molecule has 1 saturated carbocycles. The van der Waals surface area contributed by atoms with Gasteiger partial charge in [-0.25, -0.2) is 0 Å². The lowest BCUT2D eigenvalue weighted by molar-refractivity contribution is 0.0496. The molecule has 2 unspecified atom stereocenters. The Labute approximate surface area is 113 Å². The molecule has 6 nitrogen and oxygen atoms in total. The van der Waals surface area contributed by atoms with Gasteiger partial charge in [0.25, 0.3) is 5.89 Å². The second kappa shape index (κ2) is 6.98. The standard InChI is InChI=1S/C13H23N3O3/c1-16(7-10-5-3-4-6-11(10)17)8-12-14-13(9-18-2)19-15-12/h10-11,17H,3-9H2,1-2H3. The number of aliphatic hydroxyl groups is 1. The van der Waals surface area contributed by atoms with Crippen LogP contribution in [0.3, 0.4) is 0 Å². The van der Waals surface area contributed by atoms with E-state index in [0.717, 1.165) is 25.8 Å². The van der Waals surface area contributed by atoms with Crippen molar-refractivity contribution in [2.24, 2.45) is 5.92 Å². The van der Waals surface area contributed by atoms with Crippen molar-refractivity contribution in [3.63, 3.8) is 0 Å². The Bertz CT molecular complexity index is 383. The maximum Gasteiger partial charge on any atom is 0.252 e. The number of hydrogen-bond donors (Lipinski definition) is 1. The molecule has 0 radical (unpaired) electrons. The van der Waals surface area contributed by atoms with Crippen molar-refractivity contribution in [1.29, 1.82) is 0 Å². The minimum atomic E-state index is -0.162. The average molecular weight is 269 g/mol. The highest BCUT2D eigenvalue weighted by Gasteiger charge is 2.24. The first-order valence-corrected chi connectivity index (χ1v) is 6.86. The minimum Gasteiger partial charge on any atom is -0.393 e. The van der Waals surface area contributed by atoms with Crippen molar-refractivity contribution >= 4 is 0 Å². The highest BCUT2D eigenvalue weighted by Crippen LogP contribution is 2.25. The van der Waals surface area contributed by atoms with Gasteiger partial charge in [-0.1, -0.05) is 18.0 Å². The van der Waals surface area contributed by atoms with Crippen LogP contribution in [-0.4, -0.2) is 47.0 Å². The van der Waals surface area contributed by atoms with E-state index in [0.29, 0.717) is 30.8 Å². The Balaban J connectivity index is 1.80. The number of methoxy groups -OCH3 is 1. The predicted octanol–water partition coefficient (Wildman–Crippen LogP) is 1.20. The number of ether oxygens (including phenoxy) is 1. The van der Waals surface area contributed by atoms with Crippen LogP contribution < -0.4 is 0 Å². The summed E-state index contributed by atoms with van der Waals surface area (Å²) in [7, 11) is 3.62. The van der Waals surface area contributed by atoms with Crippen LogP contribution in [0.2, 0.25) is 0 Å². The zero-order valence-electron chi connectivity index (χ0n) is 11.7. The first kappa shape index (κ1) is 14.4. The lowest BCUT2D eigenvalue weighted by Gasteiger charge is -2.30. The highest BCUT2D eigenvalue weighted by atomic mass is 16.5. The Morgan fingerprint density at radius 3 is 2.95 bits per heavy atom. The molecule has 6 heteroatoms. The van der Waals surface area contributed by atoms with Crippen LogP contribution >= 0.6 is 0 Å². The maximum atomic E-state index is 9.97. The summed E-state index contributed by atoms with van der Waals surface area (Å²) in [5, 5.41) is 13.9. The summed E-state index contributed by atoms with van der Waals surface area (Å²) in [5.41, 5.74) is 0. The summed E-state index contributed by atoms with van der Waals surface area (Å²) in [6.45, 7) is 1.85. The predicted molar refractivity (Wildman–Crippen MR) is 69.3 cm³/mol. The molecule has 19 heavy (non-hydrogen) atoms. The number of aliphatic hydroxyl groups excluding tert-OH is 1. The Morgan fingerprint density at radius 2 is 2.21 bits per heavy atom. The molecule has 0 bridgehead atoms. The molecule has 1 aromatic rings. The summed E-state index contributed by atoms with van der Waals surface area (Å²) in [6.07, 6.45) is 4.24. The Hall–Kier alpha value is -0.980. The van der Waals surface area contributed by atoms with Gasteiger partial charge in [0.2, 0.25) is 0 Å². The van der Waals surface area contributed by atoms with Crippen LogP contribution in [-0.2, 0) is 17.9 Å². The lowest BCUT2D eigenvalue weighted by Crippen LogP contribution is -2.34. The van der Waals surface area contributed by atoms with Crippen LogP contribution in [0, 0.1) is 5.92 Å². The zero-order chi connectivity index (χ0) is 13.7. The maximum absolute atomic E-state index is 9.97. The van der Waals surface area contributed by atoms with Gasteiger partial charge in [0.15, 0.2) is 5.82 Å². The van der Waals surface area contributed by atoms with E-state index in [1.54, 1.807) is 7.11 Å². The molecular weight excluding hydrogens is 246 g/mol. The third kappa shape index (κ3) is 4.26. The fraction of sp³-hybridized carbons (Fsp3) is 0.846. The average Bonchev–Trinajstić information content (AvgIpc) is 2.80. The molecule has 0 saturated heterocycles. The Kier molecular flexibility index (Phi) is 5.30. The SMILES string of the molecule is COCc1nc(CN(C)CC2CCCCC2O)no1. The van der Waals surface area contributed by atoms with Crippen molar-refractivity contribution in [2.75, 3.05) is 20.7 Å². The number of rotatable bonds is 6. The van der Waals surface area contributed by atoms with Crippen molar-refractivity contribution in [3.05, 3.63) is 11.7 Å². The molecule has 1 aliphatic rings. The third-order valence-electron chi connectivity index (χ3n) is 3.60. The van der Waals surface area contributed by atoms with Crippen molar-refractivity contribution in [2.45, 2.75) is 44.9 Å². The van der Waals surface area contributed by atoms with Crippen molar-refractivity contribution in [3.8, 4) is 0 Å². The Morgan fingerprint density at radius 1 is 1.42 bits per heavy atom. The van der Waals surface area contributed by atoms with Gasteiger partial charge < -0.3 is 14.4 Å². The van der Waals surface area contributed by atoms with Crippen LogP contribution in [0.15, 0.2) is 4.52 Å². The second-order valence-electron chi connectivity index (χ2n) is 5.35. The molecule has 2 rings (SSSR count). The van der Waals surface area contributed by atoms with Gasteiger partial charge in [0.1, 0.15) is 6.61 Å². The fourth-order valence-corrected chi connectivity index (χ4v) is 2.64.